The second-order valence-corrected chi connectivity index (χ2v) is 4.21. The molecule has 1 N–H and O–H groups in total. The number of carboxylic acids is 1. The lowest BCUT2D eigenvalue weighted by atomic mass is 10.2. The molecule has 0 aliphatic rings. The van der Waals surface area contributed by atoms with E-state index in [9.17, 15) is 4.79 Å². The number of carbonyl (C=O) groups is 1. The second kappa shape index (κ2) is 6.44. The van der Waals surface area contributed by atoms with Gasteiger partial charge >= 0.3 is 5.97 Å². The van der Waals surface area contributed by atoms with Crippen LogP contribution in [0.3, 0.4) is 0 Å². The Morgan fingerprint density at radius 1 is 1.62 bits per heavy atom. The summed E-state index contributed by atoms with van der Waals surface area (Å²) < 4.78 is 4.92. The van der Waals surface area contributed by atoms with Crippen LogP contribution in [0.15, 0.2) is 11.4 Å². The lowest BCUT2D eigenvalue weighted by Gasteiger charge is -2.03. The number of ether oxygens (including phenoxy) is 1. The van der Waals surface area contributed by atoms with Gasteiger partial charge in [0.1, 0.15) is 0 Å². The summed E-state index contributed by atoms with van der Waals surface area (Å²) in [5, 5.41) is 9.41. The van der Waals surface area contributed by atoms with Gasteiger partial charge in [0.2, 0.25) is 0 Å². The van der Waals surface area contributed by atoms with Crippen LogP contribution >= 0.6 is 11.8 Å². The van der Waals surface area contributed by atoms with E-state index >= 15 is 0 Å². The van der Waals surface area contributed by atoms with Crippen molar-refractivity contribution in [2.24, 2.45) is 0 Å². The van der Waals surface area contributed by atoms with E-state index in [2.05, 4.69) is 9.97 Å². The van der Waals surface area contributed by atoms with Crippen LogP contribution in [0.25, 0.3) is 0 Å². The number of carboxylic acid groups (broad SMARTS) is 1. The summed E-state index contributed by atoms with van der Waals surface area (Å²) in [5.74, 6) is -0.131. The van der Waals surface area contributed by atoms with Crippen molar-refractivity contribution in [2.75, 3.05) is 19.5 Å². The fourth-order valence-corrected chi connectivity index (χ4v) is 1.87. The van der Waals surface area contributed by atoms with Crippen LogP contribution in [-0.2, 0) is 4.74 Å². The first-order chi connectivity index (χ1) is 7.65. The third kappa shape index (κ3) is 3.79. The molecule has 0 saturated carbocycles. The molecule has 0 unspecified atom stereocenters. The number of rotatable bonds is 6. The van der Waals surface area contributed by atoms with Crippen molar-refractivity contribution in [1.82, 2.24) is 9.97 Å². The molecule has 88 valence electrons. The maximum Gasteiger partial charge on any atom is 0.339 e. The molecule has 16 heavy (non-hydrogen) atoms. The molecule has 1 rings (SSSR count). The first-order valence-corrected chi connectivity index (χ1v) is 5.82. The summed E-state index contributed by atoms with van der Waals surface area (Å²) in [6, 6.07) is 0. The van der Waals surface area contributed by atoms with Gasteiger partial charge < -0.3 is 9.84 Å². The molecule has 0 amide bonds. The summed E-state index contributed by atoms with van der Waals surface area (Å²) in [6.45, 7) is 2.38. The largest absolute Gasteiger partial charge is 0.478 e. The molecule has 0 radical (unpaired) electrons. The number of methoxy groups -OCH3 is 1. The number of hydrogen-bond acceptors (Lipinski definition) is 5. The van der Waals surface area contributed by atoms with E-state index < -0.39 is 5.97 Å². The standard InChI is InChI=1S/C10H14N2O3S/c1-7-8(9(13)14)6-11-10(12-7)16-5-3-4-15-2/h6H,3-5H2,1-2H3,(H,13,14). The molecular formula is C10H14N2O3S. The monoisotopic (exact) mass is 242 g/mol. The van der Waals surface area contributed by atoms with E-state index in [1.165, 1.54) is 18.0 Å². The average molecular weight is 242 g/mol. The van der Waals surface area contributed by atoms with Crippen molar-refractivity contribution in [1.29, 1.82) is 0 Å². The Morgan fingerprint density at radius 2 is 2.38 bits per heavy atom. The molecule has 0 saturated heterocycles. The Balaban J connectivity index is 2.56. The Bertz CT molecular complexity index is 371. The number of aromatic carboxylic acids is 1. The number of thioether (sulfide) groups is 1. The average Bonchev–Trinajstić information content (AvgIpc) is 2.24. The van der Waals surface area contributed by atoms with Crippen molar-refractivity contribution in [3.8, 4) is 0 Å². The van der Waals surface area contributed by atoms with E-state index in [4.69, 9.17) is 9.84 Å². The van der Waals surface area contributed by atoms with Crippen LogP contribution in [-0.4, -0.2) is 40.5 Å². The summed E-state index contributed by atoms with van der Waals surface area (Å²) in [5.41, 5.74) is 0.651. The van der Waals surface area contributed by atoms with Gasteiger partial charge in [0.15, 0.2) is 5.16 Å². The van der Waals surface area contributed by atoms with Gasteiger partial charge in [-0.15, -0.1) is 0 Å². The molecule has 5 nitrogen and oxygen atoms in total. The van der Waals surface area contributed by atoms with Crippen molar-refractivity contribution >= 4 is 17.7 Å². The highest BCUT2D eigenvalue weighted by atomic mass is 32.2. The third-order valence-electron chi connectivity index (χ3n) is 1.91. The molecule has 0 bridgehead atoms. The molecule has 0 aliphatic heterocycles. The Hall–Kier alpha value is -1.14. The molecule has 1 aromatic rings. The van der Waals surface area contributed by atoms with Crippen LogP contribution in [0.4, 0.5) is 0 Å². The maximum absolute atomic E-state index is 10.7. The zero-order valence-corrected chi connectivity index (χ0v) is 10.1. The van der Waals surface area contributed by atoms with Crippen molar-refractivity contribution in [2.45, 2.75) is 18.5 Å². The zero-order valence-electron chi connectivity index (χ0n) is 9.27. The molecule has 0 aliphatic carbocycles. The van der Waals surface area contributed by atoms with E-state index in [0.29, 0.717) is 17.5 Å². The molecule has 0 atom stereocenters. The Labute approximate surface area is 98.3 Å². The van der Waals surface area contributed by atoms with E-state index in [0.717, 1.165) is 12.2 Å². The number of aryl methyl sites for hydroxylation is 1. The van der Waals surface area contributed by atoms with E-state index in [1.807, 2.05) is 0 Å². The van der Waals surface area contributed by atoms with Gasteiger partial charge in [0, 0.05) is 25.7 Å². The fraction of sp³-hybridized carbons (Fsp3) is 0.500. The minimum absolute atomic E-state index is 0.154. The maximum atomic E-state index is 10.7. The highest BCUT2D eigenvalue weighted by Gasteiger charge is 2.09. The van der Waals surface area contributed by atoms with Crippen LogP contribution in [0, 0.1) is 6.92 Å². The van der Waals surface area contributed by atoms with Gasteiger partial charge in [-0.3, -0.25) is 0 Å². The number of hydrogen-bond donors (Lipinski definition) is 1. The minimum Gasteiger partial charge on any atom is -0.478 e. The van der Waals surface area contributed by atoms with E-state index in [1.54, 1.807) is 14.0 Å². The molecule has 0 aromatic carbocycles. The molecule has 1 heterocycles. The SMILES string of the molecule is COCCCSc1ncc(C(=O)O)c(C)n1. The summed E-state index contributed by atoms with van der Waals surface area (Å²) in [7, 11) is 1.66. The molecular weight excluding hydrogens is 228 g/mol. The van der Waals surface area contributed by atoms with Crippen molar-refractivity contribution in [3.63, 3.8) is 0 Å². The molecule has 0 fully saturated rings. The highest BCUT2D eigenvalue weighted by molar-refractivity contribution is 7.99. The van der Waals surface area contributed by atoms with Gasteiger partial charge in [0.05, 0.1) is 11.3 Å². The van der Waals surface area contributed by atoms with E-state index in [-0.39, 0.29) is 5.56 Å². The Morgan fingerprint density at radius 3 is 2.94 bits per heavy atom. The first-order valence-electron chi connectivity index (χ1n) is 4.84. The summed E-state index contributed by atoms with van der Waals surface area (Å²) in [6.07, 6.45) is 2.27. The molecule has 0 spiro atoms. The number of aromatic nitrogens is 2. The fourth-order valence-electron chi connectivity index (χ4n) is 1.09. The normalized spacial score (nSPS) is 10.4. The quantitative estimate of drug-likeness (QED) is 0.464. The van der Waals surface area contributed by atoms with Gasteiger partial charge in [-0.1, -0.05) is 11.8 Å². The predicted molar refractivity (Wildman–Crippen MR) is 60.9 cm³/mol. The summed E-state index contributed by atoms with van der Waals surface area (Å²) >= 11 is 1.50. The van der Waals surface area contributed by atoms with Gasteiger partial charge in [-0.05, 0) is 13.3 Å². The molecule has 6 heteroatoms. The van der Waals surface area contributed by atoms with Crippen LogP contribution in [0.2, 0.25) is 0 Å². The zero-order chi connectivity index (χ0) is 12.0. The lowest BCUT2D eigenvalue weighted by Crippen LogP contribution is -2.04. The Kier molecular flexibility index (Phi) is 5.21. The van der Waals surface area contributed by atoms with Crippen molar-refractivity contribution < 1.29 is 14.6 Å². The number of nitrogens with zero attached hydrogens (tertiary/aromatic N) is 2. The smallest absolute Gasteiger partial charge is 0.339 e. The molecule has 1 aromatic heterocycles. The lowest BCUT2D eigenvalue weighted by molar-refractivity contribution is 0.0695. The van der Waals surface area contributed by atoms with Gasteiger partial charge in [-0.25, -0.2) is 14.8 Å². The van der Waals surface area contributed by atoms with Crippen LogP contribution < -0.4 is 0 Å². The van der Waals surface area contributed by atoms with Crippen LogP contribution in [0.5, 0.6) is 0 Å². The van der Waals surface area contributed by atoms with Crippen molar-refractivity contribution in [3.05, 3.63) is 17.5 Å². The third-order valence-corrected chi connectivity index (χ3v) is 2.86. The topological polar surface area (TPSA) is 72.3 Å². The van der Waals surface area contributed by atoms with Gasteiger partial charge in [-0.2, -0.15) is 0 Å². The second-order valence-electron chi connectivity index (χ2n) is 3.15. The predicted octanol–water partition coefficient (Wildman–Crippen LogP) is 1.61. The highest BCUT2D eigenvalue weighted by Crippen LogP contribution is 2.15. The van der Waals surface area contributed by atoms with Crippen LogP contribution in [0.1, 0.15) is 22.5 Å². The first kappa shape index (κ1) is 12.9. The minimum atomic E-state index is -0.992. The van der Waals surface area contributed by atoms with Gasteiger partial charge in [0.25, 0.3) is 0 Å². The summed E-state index contributed by atoms with van der Waals surface area (Å²) in [4.78, 5) is 18.8.